The van der Waals surface area contributed by atoms with Crippen LogP contribution in [0.2, 0.25) is 0 Å². The Labute approximate surface area is 102 Å². The Morgan fingerprint density at radius 1 is 1.18 bits per heavy atom. The van der Waals surface area contributed by atoms with Crippen LogP contribution in [0.1, 0.15) is 37.2 Å². The van der Waals surface area contributed by atoms with Gasteiger partial charge in [0.25, 0.3) is 0 Å². The van der Waals surface area contributed by atoms with Crippen LogP contribution in [0.15, 0.2) is 24.3 Å². The monoisotopic (exact) mass is 233 g/mol. The van der Waals surface area contributed by atoms with Crippen molar-refractivity contribution in [1.82, 2.24) is 0 Å². The van der Waals surface area contributed by atoms with E-state index in [-0.39, 0.29) is 11.9 Å². The van der Waals surface area contributed by atoms with E-state index in [0.717, 1.165) is 31.4 Å². The van der Waals surface area contributed by atoms with Gasteiger partial charge >= 0.3 is 5.97 Å². The number of carbonyl (C=O) groups is 1. The quantitative estimate of drug-likeness (QED) is 0.631. The molecule has 2 N–H and O–H groups in total. The Kier molecular flexibility index (Phi) is 3.67. The molecule has 0 unspecified atom stereocenters. The number of benzene rings is 1. The number of carbonyl (C=O) groups excluding carboxylic acids is 1. The number of methoxy groups -OCH3 is 1. The SMILES string of the molecule is COC(=O)[C@H]1CC[C@H](c2ccc(N)cc2)CC1. The van der Waals surface area contributed by atoms with Crippen LogP contribution in [-0.2, 0) is 9.53 Å². The third kappa shape index (κ3) is 2.78. The van der Waals surface area contributed by atoms with Crippen molar-refractivity contribution in [3.05, 3.63) is 29.8 Å². The average molecular weight is 233 g/mol. The summed E-state index contributed by atoms with van der Waals surface area (Å²) >= 11 is 0. The number of rotatable bonds is 2. The van der Waals surface area contributed by atoms with Gasteiger partial charge in [-0.3, -0.25) is 4.79 Å². The smallest absolute Gasteiger partial charge is 0.308 e. The first-order valence-electron chi connectivity index (χ1n) is 6.14. The van der Waals surface area contributed by atoms with Gasteiger partial charge < -0.3 is 10.5 Å². The van der Waals surface area contributed by atoms with E-state index < -0.39 is 0 Å². The lowest BCUT2D eigenvalue weighted by atomic mass is 9.79. The van der Waals surface area contributed by atoms with E-state index in [2.05, 4.69) is 12.1 Å². The summed E-state index contributed by atoms with van der Waals surface area (Å²) in [5.41, 5.74) is 7.81. The van der Waals surface area contributed by atoms with Crippen molar-refractivity contribution in [2.45, 2.75) is 31.6 Å². The van der Waals surface area contributed by atoms with E-state index in [4.69, 9.17) is 10.5 Å². The van der Waals surface area contributed by atoms with E-state index in [1.54, 1.807) is 0 Å². The molecule has 0 aromatic heterocycles. The molecule has 0 atom stereocenters. The van der Waals surface area contributed by atoms with Gasteiger partial charge in [-0.05, 0) is 49.3 Å². The molecule has 1 saturated carbocycles. The molecule has 0 aliphatic heterocycles. The molecule has 92 valence electrons. The van der Waals surface area contributed by atoms with Crippen molar-refractivity contribution in [2.24, 2.45) is 5.92 Å². The molecule has 0 bridgehead atoms. The first-order valence-corrected chi connectivity index (χ1v) is 6.14. The van der Waals surface area contributed by atoms with Crippen LogP contribution in [0.4, 0.5) is 5.69 Å². The second-order valence-corrected chi connectivity index (χ2v) is 4.74. The summed E-state index contributed by atoms with van der Waals surface area (Å²) in [5.74, 6) is 0.613. The van der Waals surface area contributed by atoms with Crippen molar-refractivity contribution in [1.29, 1.82) is 0 Å². The Hall–Kier alpha value is -1.51. The molecule has 0 saturated heterocycles. The fraction of sp³-hybridized carbons (Fsp3) is 0.500. The predicted octanol–water partition coefficient (Wildman–Crippen LogP) is 2.72. The summed E-state index contributed by atoms with van der Waals surface area (Å²) < 4.78 is 4.79. The highest BCUT2D eigenvalue weighted by atomic mass is 16.5. The van der Waals surface area contributed by atoms with E-state index in [1.165, 1.54) is 12.7 Å². The Balaban J connectivity index is 1.95. The van der Waals surface area contributed by atoms with Gasteiger partial charge in [-0.2, -0.15) is 0 Å². The minimum atomic E-state index is -0.0549. The van der Waals surface area contributed by atoms with Crippen molar-refractivity contribution >= 4 is 11.7 Å². The van der Waals surface area contributed by atoms with Crippen LogP contribution >= 0.6 is 0 Å². The highest BCUT2D eigenvalue weighted by Crippen LogP contribution is 2.36. The molecule has 0 spiro atoms. The van der Waals surface area contributed by atoms with Gasteiger partial charge in [0.15, 0.2) is 0 Å². The lowest BCUT2D eigenvalue weighted by molar-refractivity contribution is -0.146. The van der Waals surface area contributed by atoms with E-state index in [0.29, 0.717) is 5.92 Å². The summed E-state index contributed by atoms with van der Waals surface area (Å²) in [5, 5.41) is 0. The standard InChI is InChI=1S/C14H19NO2/c1-17-14(16)12-4-2-10(3-5-12)11-6-8-13(15)9-7-11/h6-10,12H,2-5,15H2,1H3/t10-,12-. The van der Waals surface area contributed by atoms with E-state index in [9.17, 15) is 4.79 Å². The van der Waals surface area contributed by atoms with Gasteiger partial charge in [0.2, 0.25) is 0 Å². The summed E-state index contributed by atoms with van der Waals surface area (Å²) in [6.07, 6.45) is 3.98. The van der Waals surface area contributed by atoms with Crippen LogP contribution < -0.4 is 5.73 Å². The maximum absolute atomic E-state index is 11.4. The molecule has 1 aliphatic carbocycles. The maximum Gasteiger partial charge on any atom is 0.308 e. The molecule has 1 aromatic rings. The molecular weight excluding hydrogens is 214 g/mol. The zero-order valence-corrected chi connectivity index (χ0v) is 10.2. The number of hydrogen-bond acceptors (Lipinski definition) is 3. The summed E-state index contributed by atoms with van der Waals surface area (Å²) in [4.78, 5) is 11.4. The minimum absolute atomic E-state index is 0.0549. The van der Waals surface area contributed by atoms with Crippen molar-refractivity contribution in [2.75, 3.05) is 12.8 Å². The number of anilines is 1. The Morgan fingerprint density at radius 2 is 1.76 bits per heavy atom. The normalized spacial score (nSPS) is 24.3. The molecule has 0 amide bonds. The number of ether oxygens (including phenoxy) is 1. The van der Waals surface area contributed by atoms with Crippen LogP contribution in [0.3, 0.4) is 0 Å². The Bertz CT molecular complexity index is 378. The number of nitrogen functional groups attached to an aromatic ring is 1. The summed E-state index contributed by atoms with van der Waals surface area (Å²) in [6, 6.07) is 8.08. The maximum atomic E-state index is 11.4. The van der Waals surface area contributed by atoms with Gasteiger partial charge in [0.05, 0.1) is 13.0 Å². The van der Waals surface area contributed by atoms with Gasteiger partial charge in [0, 0.05) is 5.69 Å². The third-order valence-electron chi connectivity index (χ3n) is 3.67. The Morgan fingerprint density at radius 3 is 2.29 bits per heavy atom. The molecule has 17 heavy (non-hydrogen) atoms. The lowest BCUT2D eigenvalue weighted by Crippen LogP contribution is -2.22. The number of nitrogens with two attached hydrogens (primary N) is 1. The second kappa shape index (κ2) is 5.21. The van der Waals surface area contributed by atoms with Gasteiger partial charge in [-0.25, -0.2) is 0 Å². The fourth-order valence-corrected chi connectivity index (χ4v) is 2.60. The topological polar surface area (TPSA) is 52.3 Å². The average Bonchev–Trinajstić information content (AvgIpc) is 2.39. The molecular formula is C14H19NO2. The van der Waals surface area contributed by atoms with Crippen LogP contribution in [0.5, 0.6) is 0 Å². The van der Waals surface area contributed by atoms with Gasteiger partial charge in [0.1, 0.15) is 0 Å². The van der Waals surface area contributed by atoms with Gasteiger partial charge in [-0.15, -0.1) is 0 Å². The largest absolute Gasteiger partial charge is 0.469 e. The zero-order chi connectivity index (χ0) is 12.3. The number of hydrogen-bond donors (Lipinski definition) is 1. The van der Waals surface area contributed by atoms with E-state index in [1.807, 2.05) is 12.1 Å². The minimum Gasteiger partial charge on any atom is -0.469 e. The van der Waals surface area contributed by atoms with Crippen molar-refractivity contribution in [3.8, 4) is 0 Å². The highest BCUT2D eigenvalue weighted by Gasteiger charge is 2.27. The lowest BCUT2D eigenvalue weighted by Gasteiger charge is -2.27. The first kappa shape index (κ1) is 12.0. The summed E-state index contributed by atoms with van der Waals surface area (Å²) in [7, 11) is 1.47. The van der Waals surface area contributed by atoms with Crippen LogP contribution in [-0.4, -0.2) is 13.1 Å². The predicted molar refractivity (Wildman–Crippen MR) is 67.6 cm³/mol. The number of esters is 1. The van der Waals surface area contributed by atoms with Crippen LogP contribution in [0.25, 0.3) is 0 Å². The van der Waals surface area contributed by atoms with Crippen molar-refractivity contribution < 1.29 is 9.53 Å². The van der Waals surface area contributed by atoms with Gasteiger partial charge in [-0.1, -0.05) is 12.1 Å². The molecule has 2 rings (SSSR count). The summed E-state index contributed by atoms with van der Waals surface area (Å²) in [6.45, 7) is 0. The van der Waals surface area contributed by atoms with Crippen molar-refractivity contribution in [3.63, 3.8) is 0 Å². The molecule has 0 radical (unpaired) electrons. The molecule has 0 heterocycles. The highest BCUT2D eigenvalue weighted by molar-refractivity contribution is 5.72. The zero-order valence-electron chi connectivity index (χ0n) is 10.2. The third-order valence-corrected chi connectivity index (χ3v) is 3.67. The second-order valence-electron chi connectivity index (χ2n) is 4.74. The molecule has 1 aliphatic rings. The molecule has 3 heteroatoms. The first-order chi connectivity index (χ1) is 8.20. The van der Waals surface area contributed by atoms with E-state index >= 15 is 0 Å². The molecule has 1 fully saturated rings. The fourth-order valence-electron chi connectivity index (χ4n) is 2.60. The molecule has 1 aromatic carbocycles. The van der Waals surface area contributed by atoms with Crippen LogP contribution in [0, 0.1) is 5.92 Å². The molecule has 3 nitrogen and oxygen atoms in total.